The van der Waals surface area contributed by atoms with Gasteiger partial charge in [-0.1, -0.05) is 19.1 Å². The SMILES string of the molecule is CCC(C)(C)n1c(CCCl)nc2cccc(C)c21. The first-order chi connectivity index (χ1) is 8.51. The van der Waals surface area contributed by atoms with Crippen molar-refractivity contribution in [2.75, 3.05) is 5.88 Å². The van der Waals surface area contributed by atoms with Crippen LogP contribution in [0.15, 0.2) is 18.2 Å². The van der Waals surface area contributed by atoms with Crippen molar-refractivity contribution in [2.24, 2.45) is 0 Å². The number of aryl methyl sites for hydroxylation is 2. The Morgan fingerprint density at radius 3 is 2.67 bits per heavy atom. The molecule has 0 saturated heterocycles. The average Bonchev–Trinajstić information content (AvgIpc) is 2.70. The number of nitrogens with zero attached hydrogens (tertiary/aromatic N) is 2. The summed E-state index contributed by atoms with van der Waals surface area (Å²) in [7, 11) is 0. The van der Waals surface area contributed by atoms with Crippen molar-refractivity contribution in [1.82, 2.24) is 9.55 Å². The van der Waals surface area contributed by atoms with E-state index < -0.39 is 0 Å². The number of hydrogen-bond acceptors (Lipinski definition) is 1. The van der Waals surface area contributed by atoms with Gasteiger partial charge in [-0.3, -0.25) is 0 Å². The molecule has 2 nitrogen and oxygen atoms in total. The average molecular weight is 265 g/mol. The number of alkyl halides is 1. The van der Waals surface area contributed by atoms with Crippen LogP contribution in [0.5, 0.6) is 0 Å². The number of imidazole rings is 1. The summed E-state index contributed by atoms with van der Waals surface area (Å²) >= 11 is 5.92. The highest BCUT2D eigenvalue weighted by Crippen LogP contribution is 2.30. The van der Waals surface area contributed by atoms with Crippen LogP contribution in [0, 0.1) is 6.92 Å². The van der Waals surface area contributed by atoms with Gasteiger partial charge in [0.15, 0.2) is 0 Å². The van der Waals surface area contributed by atoms with Crippen LogP contribution in [-0.4, -0.2) is 15.4 Å². The molecule has 1 aromatic carbocycles. The molecule has 0 N–H and O–H groups in total. The smallest absolute Gasteiger partial charge is 0.111 e. The fourth-order valence-corrected chi connectivity index (χ4v) is 2.57. The second-order valence-corrected chi connectivity index (χ2v) is 5.79. The number of fused-ring (bicyclic) bond motifs is 1. The highest BCUT2D eigenvalue weighted by molar-refractivity contribution is 6.17. The van der Waals surface area contributed by atoms with Gasteiger partial charge in [-0.25, -0.2) is 4.98 Å². The predicted molar refractivity (Wildman–Crippen MR) is 78.5 cm³/mol. The Bertz CT molecular complexity index is 555. The normalized spacial score (nSPS) is 12.3. The van der Waals surface area contributed by atoms with Crippen LogP contribution in [0.4, 0.5) is 0 Å². The second-order valence-electron chi connectivity index (χ2n) is 5.41. The van der Waals surface area contributed by atoms with Gasteiger partial charge in [-0.05, 0) is 38.8 Å². The van der Waals surface area contributed by atoms with E-state index in [-0.39, 0.29) is 5.54 Å². The van der Waals surface area contributed by atoms with Crippen LogP contribution in [0.1, 0.15) is 38.6 Å². The molecule has 0 saturated carbocycles. The zero-order valence-corrected chi connectivity index (χ0v) is 12.4. The number of rotatable bonds is 4. The van der Waals surface area contributed by atoms with Gasteiger partial charge in [-0.2, -0.15) is 0 Å². The zero-order chi connectivity index (χ0) is 13.3. The Kier molecular flexibility index (Phi) is 3.67. The zero-order valence-electron chi connectivity index (χ0n) is 11.6. The summed E-state index contributed by atoms with van der Waals surface area (Å²) in [5.41, 5.74) is 3.69. The lowest BCUT2D eigenvalue weighted by Gasteiger charge is -2.28. The molecule has 18 heavy (non-hydrogen) atoms. The van der Waals surface area contributed by atoms with Crippen molar-refractivity contribution in [2.45, 2.75) is 46.1 Å². The Labute approximate surface area is 114 Å². The molecule has 2 aromatic rings. The third kappa shape index (κ3) is 2.14. The quantitative estimate of drug-likeness (QED) is 0.754. The number of hydrogen-bond donors (Lipinski definition) is 0. The largest absolute Gasteiger partial charge is 0.322 e. The lowest BCUT2D eigenvalue weighted by molar-refractivity contribution is 0.342. The van der Waals surface area contributed by atoms with E-state index in [1.165, 1.54) is 11.1 Å². The van der Waals surface area contributed by atoms with E-state index in [1.807, 2.05) is 0 Å². The summed E-state index contributed by atoms with van der Waals surface area (Å²) in [5.74, 6) is 1.71. The molecule has 0 bridgehead atoms. The van der Waals surface area contributed by atoms with Crippen LogP contribution in [0.2, 0.25) is 0 Å². The summed E-state index contributed by atoms with van der Waals surface area (Å²) in [6.45, 7) is 8.89. The number of para-hydroxylation sites is 1. The monoisotopic (exact) mass is 264 g/mol. The summed E-state index contributed by atoms with van der Waals surface area (Å²) in [5, 5.41) is 0. The Morgan fingerprint density at radius 1 is 1.33 bits per heavy atom. The number of halogens is 1. The van der Waals surface area contributed by atoms with Crippen molar-refractivity contribution in [3.8, 4) is 0 Å². The van der Waals surface area contributed by atoms with Gasteiger partial charge in [0.1, 0.15) is 5.82 Å². The molecular weight excluding hydrogens is 244 g/mol. The molecule has 0 radical (unpaired) electrons. The first kappa shape index (κ1) is 13.4. The molecule has 0 fully saturated rings. The fraction of sp³-hybridized carbons (Fsp3) is 0.533. The predicted octanol–water partition coefficient (Wildman–Crippen LogP) is 4.27. The fourth-order valence-electron chi connectivity index (χ4n) is 2.41. The van der Waals surface area contributed by atoms with Gasteiger partial charge in [0, 0.05) is 17.8 Å². The summed E-state index contributed by atoms with van der Waals surface area (Å²) in [6, 6.07) is 6.30. The first-order valence-corrected chi connectivity index (χ1v) is 7.08. The van der Waals surface area contributed by atoms with Crippen LogP contribution < -0.4 is 0 Å². The van der Waals surface area contributed by atoms with E-state index in [4.69, 9.17) is 16.6 Å². The molecule has 0 atom stereocenters. The van der Waals surface area contributed by atoms with E-state index in [2.05, 4.69) is 50.5 Å². The van der Waals surface area contributed by atoms with E-state index in [1.54, 1.807) is 0 Å². The molecule has 0 aliphatic rings. The maximum absolute atomic E-state index is 5.92. The van der Waals surface area contributed by atoms with Crippen LogP contribution >= 0.6 is 11.6 Å². The minimum absolute atomic E-state index is 0.0717. The standard InChI is InChI=1S/C15H21ClN2/c1-5-15(3,4)18-13(9-10-16)17-12-8-6-7-11(2)14(12)18/h6-8H,5,9-10H2,1-4H3. The lowest BCUT2D eigenvalue weighted by atomic mass is 10.00. The molecule has 3 heteroatoms. The molecule has 0 unspecified atom stereocenters. The molecule has 98 valence electrons. The topological polar surface area (TPSA) is 17.8 Å². The molecule has 1 heterocycles. The van der Waals surface area contributed by atoms with Crippen molar-refractivity contribution >= 4 is 22.6 Å². The van der Waals surface area contributed by atoms with E-state index >= 15 is 0 Å². The Hall–Kier alpha value is -1.02. The van der Waals surface area contributed by atoms with Crippen LogP contribution in [0.25, 0.3) is 11.0 Å². The number of aromatic nitrogens is 2. The summed E-state index contributed by atoms with van der Waals surface area (Å²) in [6.07, 6.45) is 1.89. The lowest BCUT2D eigenvalue weighted by Crippen LogP contribution is -2.27. The van der Waals surface area contributed by atoms with E-state index in [9.17, 15) is 0 Å². The highest BCUT2D eigenvalue weighted by atomic mass is 35.5. The highest BCUT2D eigenvalue weighted by Gasteiger charge is 2.24. The van der Waals surface area contributed by atoms with Gasteiger partial charge in [0.05, 0.1) is 11.0 Å². The Morgan fingerprint density at radius 2 is 2.06 bits per heavy atom. The van der Waals surface area contributed by atoms with E-state index in [0.717, 1.165) is 24.2 Å². The Balaban J connectivity index is 2.77. The maximum Gasteiger partial charge on any atom is 0.111 e. The molecule has 2 rings (SSSR count). The van der Waals surface area contributed by atoms with Gasteiger partial charge < -0.3 is 4.57 Å². The molecule has 0 aliphatic heterocycles. The van der Waals surface area contributed by atoms with Crippen molar-refractivity contribution < 1.29 is 0 Å². The van der Waals surface area contributed by atoms with Gasteiger partial charge in [0.2, 0.25) is 0 Å². The van der Waals surface area contributed by atoms with Gasteiger partial charge in [-0.15, -0.1) is 11.6 Å². The van der Waals surface area contributed by atoms with Crippen molar-refractivity contribution in [3.63, 3.8) is 0 Å². The van der Waals surface area contributed by atoms with Gasteiger partial charge >= 0.3 is 0 Å². The second kappa shape index (κ2) is 4.93. The van der Waals surface area contributed by atoms with Gasteiger partial charge in [0.25, 0.3) is 0 Å². The maximum atomic E-state index is 5.92. The van der Waals surface area contributed by atoms with Crippen LogP contribution in [0.3, 0.4) is 0 Å². The third-order valence-corrected chi connectivity index (χ3v) is 3.93. The van der Waals surface area contributed by atoms with Crippen molar-refractivity contribution in [3.05, 3.63) is 29.6 Å². The molecular formula is C15H21ClN2. The van der Waals surface area contributed by atoms with Crippen molar-refractivity contribution in [1.29, 1.82) is 0 Å². The molecule has 0 aliphatic carbocycles. The molecule has 0 spiro atoms. The van der Waals surface area contributed by atoms with E-state index in [0.29, 0.717) is 5.88 Å². The minimum atomic E-state index is 0.0717. The van der Waals surface area contributed by atoms with Crippen LogP contribution in [-0.2, 0) is 12.0 Å². The summed E-state index contributed by atoms with van der Waals surface area (Å²) in [4.78, 5) is 4.76. The molecule has 1 aromatic heterocycles. The first-order valence-electron chi connectivity index (χ1n) is 6.54. The third-order valence-electron chi connectivity index (χ3n) is 3.74. The number of benzene rings is 1. The summed E-state index contributed by atoms with van der Waals surface area (Å²) < 4.78 is 2.38. The minimum Gasteiger partial charge on any atom is -0.322 e. The molecule has 0 amide bonds.